The van der Waals surface area contributed by atoms with Crippen LogP contribution in [0.4, 0.5) is 17.5 Å². The van der Waals surface area contributed by atoms with Crippen molar-refractivity contribution in [3.05, 3.63) is 90.8 Å². The highest BCUT2D eigenvalue weighted by atomic mass is 32.1. The van der Waals surface area contributed by atoms with E-state index in [1.807, 2.05) is 61.6 Å². The van der Waals surface area contributed by atoms with Gasteiger partial charge in [-0.3, -0.25) is 0 Å². The van der Waals surface area contributed by atoms with Crippen LogP contribution in [0.1, 0.15) is 5.69 Å². The Morgan fingerprint density at radius 2 is 1.76 bits per heavy atom. The molecule has 0 saturated heterocycles. The Balaban J connectivity index is 1.55. The Kier molecular flexibility index (Phi) is 5.62. The molecule has 0 aliphatic carbocycles. The number of thiol groups is 1. The zero-order valence-electron chi connectivity index (χ0n) is 18.3. The van der Waals surface area contributed by atoms with Crippen molar-refractivity contribution in [3.8, 4) is 17.2 Å². The number of anilines is 3. The minimum absolute atomic E-state index is 0.535. The van der Waals surface area contributed by atoms with Crippen LogP contribution in [0.25, 0.3) is 16.6 Å². The van der Waals surface area contributed by atoms with Crippen LogP contribution in [0.5, 0.6) is 11.5 Å². The zero-order chi connectivity index (χ0) is 22.8. The average molecular weight is 454 g/mol. The Morgan fingerprint density at radius 3 is 2.58 bits per heavy atom. The van der Waals surface area contributed by atoms with Gasteiger partial charge in [0.1, 0.15) is 11.6 Å². The molecule has 5 rings (SSSR count). The molecule has 0 aliphatic heterocycles. The number of hydrogen-bond acceptors (Lipinski definition) is 6. The van der Waals surface area contributed by atoms with Gasteiger partial charge in [0.25, 0.3) is 0 Å². The Bertz CT molecular complexity index is 1430. The standard InChI is InChI=1S/C26H23N5OS/c1-17-15-18-7-8-19(29-26-28-14-13-25(27-2)30-26)16-23(18)31(17)22-5-3-4-6-24(22)32-20-9-11-21(33)12-10-20/h3-16,33H,1-2H3,(H2,27,28,29,30). The highest BCUT2D eigenvalue weighted by Gasteiger charge is 2.14. The molecule has 2 aromatic heterocycles. The second kappa shape index (κ2) is 8.88. The number of benzene rings is 3. The van der Waals surface area contributed by atoms with Crippen LogP contribution in [0.2, 0.25) is 0 Å². The summed E-state index contributed by atoms with van der Waals surface area (Å²) in [6.07, 6.45) is 1.72. The van der Waals surface area contributed by atoms with Crippen molar-refractivity contribution in [1.82, 2.24) is 14.5 Å². The molecule has 2 N–H and O–H groups in total. The molecule has 0 bridgehead atoms. The van der Waals surface area contributed by atoms with Gasteiger partial charge >= 0.3 is 0 Å². The van der Waals surface area contributed by atoms with Crippen molar-refractivity contribution in [3.63, 3.8) is 0 Å². The van der Waals surface area contributed by atoms with Crippen molar-refractivity contribution < 1.29 is 4.74 Å². The number of nitrogens with one attached hydrogen (secondary N) is 2. The van der Waals surface area contributed by atoms with Crippen molar-refractivity contribution in [2.45, 2.75) is 11.8 Å². The van der Waals surface area contributed by atoms with Gasteiger partial charge in [-0.05, 0) is 67.6 Å². The molecule has 0 spiro atoms. The fraction of sp³-hybridized carbons (Fsp3) is 0.0769. The number of para-hydroxylation sites is 2. The SMILES string of the molecule is CNc1ccnc(Nc2ccc3cc(C)n(-c4ccccc4Oc4ccc(S)cc4)c3c2)n1. The smallest absolute Gasteiger partial charge is 0.229 e. The molecule has 0 saturated carbocycles. The summed E-state index contributed by atoms with van der Waals surface area (Å²) in [5, 5.41) is 7.47. The van der Waals surface area contributed by atoms with Gasteiger partial charge in [-0.15, -0.1) is 12.6 Å². The van der Waals surface area contributed by atoms with E-state index in [1.54, 1.807) is 6.20 Å². The number of hydrogen-bond donors (Lipinski definition) is 3. The summed E-state index contributed by atoms with van der Waals surface area (Å²) in [5.74, 6) is 2.82. The van der Waals surface area contributed by atoms with Gasteiger partial charge in [-0.2, -0.15) is 4.98 Å². The first kappa shape index (κ1) is 20.9. The summed E-state index contributed by atoms with van der Waals surface area (Å²) >= 11 is 4.36. The molecule has 3 aromatic carbocycles. The normalized spacial score (nSPS) is 10.9. The summed E-state index contributed by atoms with van der Waals surface area (Å²) in [6, 6.07) is 25.9. The lowest BCUT2D eigenvalue weighted by Gasteiger charge is -2.15. The van der Waals surface area contributed by atoms with Gasteiger partial charge < -0.3 is 19.9 Å². The number of fused-ring (bicyclic) bond motifs is 1. The first-order chi connectivity index (χ1) is 16.1. The zero-order valence-corrected chi connectivity index (χ0v) is 19.2. The molecular weight excluding hydrogens is 430 g/mol. The maximum Gasteiger partial charge on any atom is 0.229 e. The summed E-state index contributed by atoms with van der Waals surface area (Å²) in [7, 11) is 1.83. The number of aryl methyl sites for hydroxylation is 1. The maximum absolute atomic E-state index is 6.25. The molecule has 7 heteroatoms. The van der Waals surface area contributed by atoms with Gasteiger partial charge in [-0.1, -0.05) is 18.2 Å². The highest BCUT2D eigenvalue weighted by molar-refractivity contribution is 7.80. The molecular formula is C26H23N5OS. The predicted octanol–water partition coefficient (Wildman–Crippen LogP) is 6.60. The van der Waals surface area contributed by atoms with Crippen molar-refractivity contribution in [1.29, 1.82) is 0 Å². The third kappa shape index (κ3) is 4.36. The number of nitrogens with zero attached hydrogens (tertiary/aromatic N) is 3. The van der Waals surface area contributed by atoms with E-state index in [-0.39, 0.29) is 0 Å². The van der Waals surface area contributed by atoms with Crippen LogP contribution < -0.4 is 15.4 Å². The number of rotatable bonds is 6. The second-order valence-corrected chi connectivity index (χ2v) is 8.12. The second-order valence-electron chi connectivity index (χ2n) is 7.60. The summed E-state index contributed by atoms with van der Waals surface area (Å²) in [4.78, 5) is 9.67. The Morgan fingerprint density at radius 1 is 0.939 bits per heavy atom. The topological polar surface area (TPSA) is 64.0 Å². The quantitative estimate of drug-likeness (QED) is 0.253. The predicted molar refractivity (Wildman–Crippen MR) is 137 cm³/mol. The lowest BCUT2D eigenvalue weighted by Crippen LogP contribution is -2.01. The van der Waals surface area contributed by atoms with E-state index in [9.17, 15) is 0 Å². The van der Waals surface area contributed by atoms with Crippen LogP contribution in [0.15, 0.2) is 90.0 Å². The van der Waals surface area contributed by atoms with E-state index >= 15 is 0 Å². The monoisotopic (exact) mass is 453 g/mol. The first-order valence-electron chi connectivity index (χ1n) is 10.6. The van der Waals surface area contributed by atoms with Crippen LogP contribution in [-0.2, 0) is 0 Å². The molecule has 0 amide bonds. The molecule has 0 atom stereocenters. The molecule has 0 unspecified atom stereocenters. The third-order valence-electron chi connectivity index (χ3n) is 5.33. The average Bonchev–Trinajstić information content (AvgIpc) is 3.16. The molecule has 0 fully saturated rings. The molecule has 164 valence electrons. The van der Waals surface area contributed by atoms with Gasteiger partial charge in [0, 0.05) is 34.9 Å². The maximum atomic E-state index is 6.25. The highest BCUT2D eigenvalue weighted by Crippen LogP contribution is 2.34. The van der Waals surface area contributed by atoms with Gasteiger partial charge in [0.2, 0.25) is 5.95 Å². The third-order valence-corrected chi connectivity index (χ3v) is 5.63. The van der Waals surface area contributed by atoms with Gasteiger partial charge in [0.15, 0.2) is 5.75 Å². The van der Waals surface area contributed by atoms with Crippen LogP contribution in [0, 0.1) is 6.92 Å². The van der Waals surface area contributed by atoms with Crippen molar-refractivity contribution >= 4 is 41.0 Å². The van der Waals surface area contributed by atoms with Crippen LogP contribution >= 0.6 is 12.6 Å². The van der Waals surface area contributed by atoms with Crippen molar-refractivity contribution in [2.75, 3.05) is 17.7 Å². The van der Waals surface area contributed by atoms with Gasteiger partial charge in [-0.25, -0.2) is 4.98 Å². The minimum atomic E-state index is 0.535. The largest absolute Gasteiger partial charge is 0.455 e. The molecule has 2 heterocycles. The fourth-order valence-electron chi connectivity index (χ4n) is 3.79. The minimum Gasteiger partial charge on any atom is -0.455 e. The molecule has 0 aliphatic rings. The van der Waals surface area contributed by atoms with Gasteiger partial charge in [0.05, 0.1) is 11.2 Å². The molecule has 6 nitrogen and oxygen atoms in total. The van der Waals surface area contributed by atoms with Crippen LogP contribution in [-0.4, -0.2) is 21.6 Å². The first-order valence-corrected chi connectivity index (χ1v) is 11.0. The fourth-order valence-corrected chi connectivity index (χ4v) is 3.94. The lowest BCUT2D eigenvalue weighted by atomic mass is 10.2. The molecule has 0 radical (unpaired) electrons. The number of aromatic nitrogens is 3. The van der Waals surface area contributed by atoms with E-state index in [0.29, 0.717) is 5.95 Å². The molecule has 5 aromatic rings. The lowest BCUT2D eigenvalue weighted by molar-refractivity contribution is 0.479. The van der Waals surface area contributed by atoms with E-state index < -0.39 is 0 Å². The number of ether oxygens (including phenoxy) is 1. The van der Waals surface area contributed by atoms with E-state index in [4.69, 9.17) is 4.74 Å². The Hall–Kier alpha value is -3.97. The summed E-state index contributed by atoms with van der Waals surface area (Å²) in [6.45, 7) is 2.10. The van der Waals surface area contributed by atoms with E-state index in [1.165, 1.54) is 0 Å². The summed E-state index contributed by atoms with van der Waals surface area (Å²) < 4.78 is 8.45. The Labute approximate surface area is 197 Å². The summed E-state index contributed by atoms with van der Waals surface area (Å²) in [5.41, 5.74) is 4.03. The van der Waals surface area contributed by atoms with E-state index in [2.05, 4.69) is 69.0 Å². The van der Waals surface area contributed by atoms with Crippen LogP contribution in [0.3, 0.4) is 0 Å². The van der Waals surface area contributed by atoms with E-state index in [0.717, 1.165) is 50.2 Å². The van der Waals surface area contributed by atoms with Crippen molar-refractivity contribution in [2.24, 2.45) is 0 Å². The molecule has 33 heavy (non-hydrogen) atoms.